The largest absolute Gasteiger partial charge is 0.481 e. The van der Waals surface area contributed by atoms with E-state index in [1.54, 1.807) is 13.0 Å². The molecule has 0 radical (unpaired) electrons. The molecule has 1 atom stereocenters. The number of aromatic nitrogens is 3. The number of hydrogen-bond acceptors (Lipinski definition) is 5. The number of alkyl halides is 3. The quantitative estimate of drug-likeness (QED) is 0.231. The van der Waals surface area contributed by atoms with E-state index in [1.165, 1.54) is 23.0 Å². The summed E-state index contributed by atoms with van der Waals surface area (Å²) < 4.78 is 63.4. The molecule has 2 N–H and O–H groups in total. The summed E-state index contributed by atoms with van der Waals surface area (Å²) in [6.07, 6.45) is -2.05. The molecule has 1 amide bonds. The number of rotatable bonds is 11. The molecule has 12 heteroatoms. The zero-order valence-electron chi connectivity index (χ0n) is 23.4. The molecule has 2 heterocycles. The Labute approximate surface area is 235 Å². The Balaban J connectivity index is 1.70. The summed E-state index contributed by atoms with van der Waals surface area (Å²) in [6.45, 7) is 7.92. The molecule has 1 aliphatic carbocycles. The molecule has 8 nitrogen and oxygen atoms in total. The molecule has 3 aromatic rings. The Morgan fingerprint density at radius 3 is 2.51 bits per heavy atom. The molecule has 4 rings (SSSR count). The highest BCUT2D eigenvalue weighted by atomic mass is 19.4. The third-order valence-corrected chi connectivity index (χ3v) is 7.03. The first kappa shape index (κ1) is 30.3. The minimum Gasteiger partial charge on any atom is -0.481 e. The van der Waals surface area contributed by atoms with Crippen molar-refractivity contribution in [1.29, 1.82) is 0 Å². The first-order valence-electron chi connectivity index (χ1n) is 13.5. The van der Waals surface area contributed by atoms with Crippen LogP contribution in [0.5, 0.6) is 0 Å². The first-order valence-corrected chi connectivity index (χ1v) is 13.5. The highest BCUT2D eigenvalue weighted by Crippen LogP contribution is 2.50. The zero-order valence-corrected chi connectivity index (χ0v) is 23.4. The third-order valence-electron chi connectivity index (χ3n) is 7.03. The molecular formula is C29H34F4N4O4. The van der Waals surface area contributed by atoms with Gasteiger partial charge in [-0.3, -0.25) is 14.3 Å². The number of amides is 1. The second-order valence-electron chi connectivity index (χ2n) is 11.9. The van der Waals surface area contributed by atoms with E-state index >= 15 is 0 Å². The van der Waals surface area contributed by atoms with Crippen molar-refractivity contribution in [2.24, 2.45) is 5.41 Å². The Hall–Kier alpha value is -3.70. The molecule has 0 unspecified atom stereocenters. The fourth-order valence-corrected chi connectivity index (χ4v) is 4.71. The normalized spacial score (nSPS) is 14.7. The maximum atomic E-state index is 14.3. The molecule has 0 bridgehead atoms. The summed E-state index contributed by atoms with van der Waals surface area (Å²) in [5.41, 5.74) is -0.125. The number of nitrogens with one attached hydrogen (secondary N) is 1. The van der Waals surface area contributed by atoms with Crippen molar-refractivity contribution in [2.45, 2.75) is 90.8 Å². The van der Waals surface area contributed by atoms with Crippen LogP contribution in [0.2, 0.25) is 0 Å². The van der Waals surface area contributed by atoms with Crippen molar-refractivity contribution in [1.82, 2.24) is 14.9 Å². The van der Waals surface area contributed by atoms with E-state index in [-0.39, 0.29) is 59.8 Å². The molecule has 41 heavy (non-hydrogen) atoms. The van der Waals surface area contributed by atoms with Crippen LogP contribution in [-0.4, -0.2) is 31.9 Å². The summed E-state index contributed by atoms with van der Waals surface area (Å²) in [5, 5.41) is 19.8. The number of carboxylic acids is 1. The second-order valence-corrected chi connectivity index (χ2v) is 11.9. The van der Waals surface area contributed by atoms with Crippen molar-refractivity contribution < 1.29 is 36.8 Å². The topological polar surface area (TPSA) is 110 Å². The van der Waals surface area contributed by atoms with Crippen LogP contribution in [0.1, 0.15) is 93.6 Å². The molecule has 222 valence electrons. The lowest BCUT2D eigenvalue weighted by atomic mass is 9.89. The van der Waals surface area contributed by atoms with Gasteiger partial charge in [0.1, 0.15) is 5.82 Å². The number of carbonyl (C=O) groups excluding carboxylic acids is 1. The van der Waals surface area contributed by atoms with Gasteiger partial charge >= 0.3 is 12.1 Å². The lowest BCUT2D eigenvalue weighted by Gasteiger charge is -2.17. The fraction of sp³-hybridized carbons (Fsp3) is 0.517. The van der Waals surface area contributed by atoms with E-state index < -0.39 is 35.5 Å². The van der Waals surface area contributed by atoms with Gasteiger partial charge in [0.05, 0.1) is 16.9 Å². The van der Waals surface area contributed by atoms with Crippen molar-refractivity contribution in [3.63, 3.8) is 0 Å². The lowest BCUT2D eigenvalue weighted by molar-refractivity contribution is -0.141. The molecule has 0 spiro atoms. The number of hydrogen-bond donors (Lipinski definition) is 2. The van der Waals surface area contributed by atoms with Gasteiger partial charge in [-0.05, 0) is 61.6 Å². The van der Waals surface area contributed by atoms with Crippen LogP contribution in [0.15, 0.2) is 28.9 Å². The summed E-state index contributed by atoms with van der Waals surface area (Å²) in [4.78, 5) is 24.4. The van der Waals surface area contributed by atoms with Gasteiger partial charge in [-0.1, -0.05) is 32.0 Å². The highest BCUT2D eigenvalue weighted by molar-refractivity contribution is 5.91. The molecule has 2 aromatic heterocycles. The maximum Gasteiger partial charge on any atom is 0.435 e. The summed E-state index contributed by atoms with van der Waals surface area (Å²) in [7, 11) is 0. The summed E-state index contributed by atoms with van der Waals surface area (Å²) >= 11 is 0. The van der Waals surface area contributed by atoms with Gasteiger partial charge in [-0.2, -0.15) is 18.3 Å². The van der Waals surface area contributed by atoms with Crippen LogP contribution in [0, 0.1) is 18.2 Å². The van der Waals surface area contributed by atoms with Crippen LogP contribution in [0.25, 0.3) is 11.3 Å². The number of carboxylic acid groups (broad SMARTS) is 1. The van der Waals surface area contributed by atoms with Crippen LogP contribution >= 0.6 is 0 Å². The monoisotopic (exact) mass is 578 g/mol. The van der Waals surface area contributed by atoms with Gasteiger partial charge < -0.3 is 14.9 Å². The average molecular weight is 579 g/mol. The third kappa shape index (κ3) is 7.74. The van der Waals surface area contributed by atoms with Crippen molar-refractivity contribution in [3.8, 4) is 11.3 Å². The standard InChI is InChI=1S/C29H34F4N4O4/c1-16-5-9-21(20(30)13-16)34-22(38)14-18(8-10-23(39)40)25-24(17-6-7-17)26(41-36-25)19-15-37(12-11-28(2,3)4)35-27(19)29(31,32)33/h5,9,13,15,17-18H,6-8,10-12,14H2,1-4H3,(H,34,38)(H,39,40)/t18-/m0/s1. The summed E-state index contributed by atoms with van der Waals surface area (Å²) in [6, 6.07) is 4.33. The van der Waals surface area contributed by atoms with Gasteiger partial charge in [0.2, 0.25) is 5.91 Å². The smallest absolute Gasteiger partial charge is 0.435 e. The van der Waals surface area contributed by atoms with E-state index in [4.69, 9.17) is 4.52 Å². The molecule has 0 aliphatic heterocycles. The number of benzene rings is 1. The number of nitrogens with zero attached hydrogens (tertiary/aromatic N) is 3. The van der Waals surface area contributed by atoms with Gasteiger partial charge in [0.25, 0.3) is 0 Å². The molecule has 1 aliphatic rings. The molecule has 1 saturated carbocycles. The zero-order chi connectivity index (χ0) is 30.1. The van der Waals surface area contributed by atoms with Gasteiger partial charge in [-0.25, -0.2) is 4.39 Å². The van der Waals surface area contributed by atoms with Crippen molar-refractivity contribution in [2.75, 3.05) is 5.32 Å². The van der Waals surface area contributed by atoms with Gasteiger partial charge in [-0.15, -0.1) is 0 Å². The van der Waals surface area contributed by atoms with E-state index in [0.717, 1.165) is 0 Å². The first-order chi connectivity index (χ1) is 19.1. The van der Waals surface area contributed by atoms with E-state index in [9.17, 15) is 32.3 Å². The summed E-state index contributed by atoms with van der Waals surface area (Å²) in [5.74, 6) is -3.29. The van der Waals surface area contributed by atoms with Crippen LogP contribution in [0.4, 0.5) is 23.2 Å². The lowest BCUT2D eigenvalue weighted by Crippen LogP contribution is -2.18. The van der Waals surface area contributed by atoms with Crippen LogP contribution in [0.3, 0.4) is 0 Å². The van der Waals surface area contributed by atoms with Crippen LogP contribution < -0.4 is 5.32 Å². The molecule has 1 aromatic carbocycles. The molecule has 0 saturated heterocycles. The maximum absolute atomic E-state index is 14.3. The van der Waals surface area contributed by atoms with E-state index in [1.807, 2.05) is 20.8 Å². The van der Waals surface area contributed by atoms with Crippen molar-refractivity contribution >= 4 is 17.6 Å². The Morgan fingerprint density at radius 1 is 1.22 bits per heavy atom. The van der Waals surface area contributed by atoms with Gasteiger partial charge in [0.15, 0.2) is 11.5 Å². The SMILES string of the molecule is Cc1ccc(NC(=O)C[C@H](CCC(=O)O)c2noc(-c3cn(CCC(C)(C)C)nc3C(F)(F)F)c2C2CC2)c(F)c1. The van der Waals surface area contributed by atoms with Crippen molar-refractivity contribution in [3.05, 3.63) is 52.7 Å². The fourth-order valence-electron chi connectivity index (χ4n) is 4.71. The second kappa shape index (κ2) is 11.7. The number of aliphatic carboxylic acids is 1. The minimum absolute atomic E-state index is 0.0121. The number of aryl methyl sites for hydroxylation is 2. The predicted octanol–water partition coefficient (Wildman–Crippen LogP) is 7.30. The van der Waals surface area contributed by atoms with E-state index in [0.29, 0.717) is 30.4 Å². The Morgan fingerprint density at radius 2 is 1.93 bits per heavy atom. The Kier molecular flexibility index (Phi) is 8.60. The highest BCUT2D eigenvalue weighted by Gasteiger charge is 2.42. The average Bonchev–Trinajstić information content (AvgIpc) is 3.43. The molecular weight excluding hydrogens is 544 g/mol. The van der Waals surface area contributed by atoms with Crippen LogP contribution in [-0.2, 0) is 22.3 Å². The van der Waals surface area contributed by atoms with E-state index in [2.05, 4.69) is 15.6 Å². The molecule has 1 fully saturated rings. The number of anilines is 1. The Bertz CT molecular complexity index is 1420. The predicted molar refractivity (Wildman–Crippen MR) is 143 cm³/mol. The van der Waals surface area contributed by atoms with Gasteiger partial charge in [0, 0.05) is 37.1 Å². The number of halogens is 4. The minimum atomic E-state index is -4.75. The number of carbonyl (C=O) groups is 2.